The molecule has 4 heteroatoms. The van der Waals surface area contributed by atoms with Gasteiger partial charge in [-0.3, -0.25) is 4.90 Å². The zero-order valence-corrected chi connectivity index (χ0v) is 14.2. The van der Waals surface area contributed by atoms with Crippen LogP contribution in [0.4, 0.5) is 0 Å². The third-order valence-corrected chi connectivity index (χ3v) is 5.25. The minimum atomic E-state index is -0.402. The van der Waals surface area contributed by atoms with Crippen molar-refractivity contribution in [1.82, 2.24) is 9.47 Å². The molecule has 2 aromatic rings. The van der Waals surface area contributed by atoms with Crippen molar-refractivity contribution in [3.05, 3.63) is 36.0 Å². The molecule has 0 unspecified atom stereocenters. The molecule has 4 nitrogen and oxygen atoms in total. The Morgan fingerprint density at radius 3 is 2.52 bits per heavy atom. The van der Waals surface area contributed by atoms with Gasteiger partial charge < -0.3 is 14.8 Å². The molecule has 1 aromatic carbocycles. The second-order valence-electron chi connectivity index (χ2n) is 6.96. The van der Waals surface area contributed by atoms with Crippen LogP contribution in [-0.2, 0) is 13.2 Å². The van der Waals surface area contributed by atoms with Crippen LogP contribution in [0.5, 0.6) is 0 Å². The van der Waals surface area contributed by atoms with Crippen LogP contribution in [0.1, 0.15) is 38.7 Å². The van der Waals surface area contributed by atoms with Crippen LogP contribution in [0.2, 0.25) is 0 Å². The summed E-state index contributed by atoms with van der Waals surface area (Å²) >= 11 is 0. The highest BCUT2D eigenvalue weighted by molar-refractivity contribution is 5.83. The van der Waals surface area contributed by atoms with E-state index in [2.05, 4.69) is 23.3 Å². The molecule has 1 aliphatic rings. The van der Waals surface area contributed by atoms with Gasteiger partial charge in [-0.1, -0.05) is 24.6 Å². The van der Waals surface area contributed by atoms with Gasteiger partial charge in [0.05, 0.1) is 12.7 Å². The molecule has 3 rings (SSSR count). The van der Waals surface area contributed by atoms with Gasteiger partial charge in [0, 0.05) is 47.8 Å². The lowest BCUT2D eigenvalue weighted by Crippen LogP contribution is -2.47. The molecule has 1 aromatic heterocycles. The van der Waals surface area contributed by atoms with Gasteiger partial charge in [0.25, 0.3) is 0 Å². The Morgan fingerprint density at radius 2 is 1.83 bits per heavy atom. The summed E-state index contributed by atoms with van der Waals surface area (Å²) in [5.74, 6) is 0. The van der Waals surface area contributed by atoms with Crippen LogP contribution >= 0.6 is 0 Å². The topological polar surface area (TPSA) is 48.6 Å². The Bertz CT molecular complexity index is 642. The second-order valence-corrected chi connectivity index (χ2v) is 6.96. The number of hydrogen-bond donors (Lipinski definition) is 2. The van der Waals surface area contributed by atoms with Crippen LogP contribution in [0.15, 0.2) is 30.5 Å². The SMILES string of the molecule is C[C@@H]1CCC[C@@H](C)N1C[C@@H](O)Cn1cc(CO)c2ccccc21. The fraction of sp³-hybridized carbons (Fsp3) is 0.579. The number of nitrogens with zero attached hydrogens (tertiary/aromatic N) is 2. The molecule has 1 fully saturated rings. The maximum atomic E-state index is 10.6. The number of aliphatic hydroxyl groups is 2. The van der Waals surface area contributed by atoms with Gasteiger partial charge in [-0.25, -0.2) is 0 Å². The Kier molecular flexibility index (Phi) is 5.05. The monoisotopic (exact) mass is 316 g/mol. The highest BCUT2D eigenvalue weighted by Crippen LogP contribution is 2.24. The summed E-state index contributed by atoms with van der Waals surface area (Å²) < 4.78 is 2.07. The predicted octanol–water partition coefficient (Wildman–Crippen LogP) is 2.76. The van der Waals surface area contributed by atoms with E-state index in [4.69, 9.17) is 0 Å². The van der Waals surface area contributed by atoms with Crippen molar-refractivity contribution in [2.45, 2.75) is 64.4 Å². The summed E-state index contributed by atoms with van der Waals surface area (Å²) in [4.78, 5) is 2.44. The first-order valence-electron chi connectivity index (χ1n) is 8.71. The minimum Gasteiger partial charge on any atom is -0.392 e. The van der Waals surface area contributed by atoms with E-state index in [0.717, 1.165) is 16.5 Å². The Labute approximate surface area is 138 Å². The van der Waals surface area contributed by atoms with Gasteiger partial charge in [0.15, 0.2) is 0 Å². The average Bonchev–Trinajstić information content (AvgIpc) is 2.89. The number of likely N-dealkylation sites (tertiary alicyclic amines) is 1. The van der Waals surface area contributed by atoms with Crippen molar-refractivity contribution in [1.29, 1.82) is 0 Å². The fourth-order valence-corrected chi connectivity index (χ4v) is 3.96. The lowest BCUT2D eigenvalue weighted by molar-refractivity contribution is 0.0352. The molecule has 1 aliphatic heterocycles. The van der Waals surface area contributed by atoms with E-state index < -0.39 is 6.10 Å². The van der Waals surface area contributed by atoms with E-state index in [-0.39, 0.29) is 6.61 Å². The summed E-state index contributed by atoms with van der Waals surface area (Å²) in [6, 6.07) is 9.15. The fourth-order valence-electron chi connectivity index (χ4n) is 3.96. The summed E-state index contributed by atoms with van der Waals surface area (Å²) in [7, 11) is 0. The Hall–Kier alpha value is -1.36. The summed E-state index contributed by atoms with van der Waals surface area (Å²) in [5, 5.41) is 21.2. The molecule has 0 aliphatic carbocycles. The summed E-state index contributed by atoms with van der Waals surface area (Å²) in [5.41, 5.74) is 2.00. The van der Waals surface area contributed by atoms with Crippen LogP contribution < -0.4 is 0 Å². The number of piperidine rings is 1. The van der Waals surface area contributed by atoms with Crippen molar-refractivity contribution in [2.24, 2.45) is 0 Å². The first-order chi connectivity index (χ1) is 11.1. The maximum Gasteiger partial charge on any atom is 0.0845 e. The number of β-amino-alcohol motifs (C(OH)–C–C–N with tert-alkyl or cyclic N) is 1. The standard InChI is InChI=1S/C19H28N2O2/c1-14-6-5-7-15(2)21(14)12-17(23)11-20-10-16(13-22)18-8-3-4-9-19(18)20/h3-4,8-10,14-15,17,22-23H,5-7,11-13H2,1-2H3/t14-,15-,17+/m1/s1. The minimum absolute atomic E-state index is 0.0315. The van der Waals surface area contributed by atoms with Crippen LogP contribution in [0, 0.1) is 0 Å². The molecule has 126 valence electrons. The molecule has 0 spiro atoms. The van der Waals surface area contributed by atoms with Crippen molar-refractivity contribution in [3.8, 4) is 0 Å². The highest BCUT2D eigenvalue weighted by atomic mass is 16.3. The number of para-hydroxylation sites is 1. The van der Waals surface area contributed by atoms with Crippen molar-refractivity contribution in [2.75, 3.05) is 6.54 Å². The van der Waals surface area contributed by atoms with Crippen molar-refractivity contribution < 1.29 is 10.2 Å². The third-order valence-electron chi connectivity index (χ3n) is 5.25. The molecule has 2 heterocycles. The van der Waals surface area contributed by atoms with E-state index in [9.17, 15) is 10.2 Å². The molecule has 2 N–H and O–H groups in total. The molecular formula is C19H28N2O2. The van der Waals surface area contributed by atoms with Gasteiger partial charge in [-0.05, 0) is 32.8 Å². The lowest BCUT2D eigenvalue weighted by atomic mass is 9.97. The first kappa shape index (κ1) is 16.5. The molecule has 3 atom stereocenters. The Morgan fingerprint density at radius 1 is 1.13 bits per heavy atom. The van der Waals surface area contributed by atoms with E-state index in [1.54, 1.807) is 0 Å². The molecule has 1 saturated heterocycles. The number of benzene rings is 1. The molecular weight excluding hydrogens is 288 g/mol. The zero-order chi connectivity index (χ0) is 16.4. The molecule has 0 radical (unpaired) electrons. The zero-order valence-electron chi connectivity index (χ0n) is 14.2. The molecule has 0 bridgehead atoms. The van der Waals surface area contributed by atoms with Crippen molar-refractivity contribution in [3.63, 3.8) is 0 Å². The van der Waals surface area contributed by atoms with E-state index in [1.807, 2.05) is 30.5 Å². The van der Waals surface area contributed by atoms with Gasteiger partial charge >= 0.3 is 0 Å². The van der Waals surface area contributed by atoms with E-state index in [0.29, 0.717) is 25.2 Å². The van der Waals surface area contributed by atoms with Crippen LogP contribution in [0.25, 0.3) is 10.9 Å². The molecule has 23 heavy (non-hydrogen) atoms. The van der Waals surface area contributed by atoms with Crippen LogP contribution in [0.3, 0.4) is 0 Å². The number of fused-ring (bicyclic) bond motifs is 1. The average molecular weight is 316 g/mol. The second kappa shape index (κ2) is 7.04. The van der Waals surface area contributed by atoms with Gasteiger partial charge in [0.1, 0.15) is 0 Å². The highest BCUT2D eigenvalue weighted by Gasteiger charge is 2.26. The normalized spacial score (nSPS) is 24.2. The predicted molar refractivity (Wildman–Crippen MR) is 93.3 cm³/mol. The molecule has 0 amide bonds. The summed E-state index contributed by atoms with van der Waals surface area (Å²) in [6.45, 7) is 5.83. The van der Waals surface area contributed by atoms with Gasteiger partial charge in [-0.2, -0.15) is 0 Å². The number of aromatic nitrogens is 1. The van der Waals surface area contributed by atoms with Gasteiger partial charge in [0.2, 0.25) is 0 Å². The first-order valence-corrected chi connectivity index (χ1v) is 8.71. The van der Waals surface area contributed by atoms with E-state index in [1.165, 1.54) is 19.3 Å². The lowest BCUT2D eigenvalue weighted by Gasteiger charge is -2.40. The largest absolute Gasteiger partial charge is 0.392 e. The van der Waals surface area contributed by atoms with E-state index >= 15 is 0 Å². The smallest absolute Gasteiger partial charge is 0.0845 e. The third kappa shape index (κ3) is 3.44. The number of rotatable bonds is 5. The summed E-state index contributed by atoms with van der Waals surface area (Å²) in [6.07, 6.45) is 5.30. The van der Waals surface area contributed by atoms with Crippen molar-refractivity contribution >= 4 is 10.9 Å². The number of aliphatic hydroxyl groups excluding tert-OH is 2. The van der Waals surface area contributed by atoms with Gasteiger partial charge in [-0.15, -0.1) is 0 Å². The quantitative estimate of drug-likeness (QED) is 0.892. The molecule has 0 saturated carbocycles. The maximum absolute atomic E-state index is 10.6. The Balaban J connectivity index is 1.74. The number of hydrogen-bond acceptors (Lipinski definition) is 3. The van der Waals surface area contributed by atoms with Crippen LogP contribution in [-0.4, -0.2) is 44.4 Å².